The van der Waals surface area contributed by atoms with Crippen LogP contribution in [0, 0.1) is 11.3 Å². The Hall–Kier alpha value is -3.39. The van der Waals surface area contributed by atoms with E-state index in [0.717, 1.165) is 22.5 Å². The highest BCUT2D eigenvalue weighted by atomic mass is 16.1. The van der Waals surface area contributed by atoms with E-state index >= 15 is 0 Å². The van der Waals surface area contributed by atoms with E-state index in [4.69, 9.17) is 11.0 Å². The third kappa shape index (κ3) is 3.27. The minimum atomic E-state index is -0.359. The van der Waals surface area contributed by atoms with Gasteiger partial charge in [0, 0.05) is 17.4 Å². The van der Waals surface area contributed by atoms with Crippen molar-refractivity contribution in [1.82, 2.24) is 9.55 Å². The molecule has 0 bridgehead atoms. The molecule has 0 aliphatic carbocycles. The summed E-state index contributed by atoms with van der Waals surface area (Å²) in [5.41, 5.74) is 9.26. The largest absolute Gasteiger partial charge is 0.369 e. The first-order valence-corrected chi connectivity index (χ1v) is 7.08. The fourth-order valence-corrected chi connectivity index (χ4v) is 2.39. The number of imidazole rings is 1. The van der Waals surface area contributed by atoms with Crippen LogP contribution in [0.3, 0.4) is 0 Å². The van der Waals surface area contributed by atoms with Gasteiger partial charge in [0.25, 0.3) is 0 Å². The minimum absolute atomic E-state index is 0.208. The zero-order valence-electron chi connectivity index (χ0n) is 12.3. The third-order valence-corrected chi connectivity index (χ3v) is 3.46. The molecule has 2 aromatic carbocycles. The Kier molecular flexibility index (Phi) is 3.89. The second-order valence-electron chi connectivity index (χ2n) is 5.17. The van der Waals surface area contributed by atoms with Gasteiger partial charge in [0.1, 0.15) is 0 Å². The molecule has 1 amide bonds. The van der Waals surface area contributed by atoms with Gasteiger partial charge in [-0.1, -0.05) is 24.3 Å². The van der Waals surface area contributed by atoms with Crippen molar-refractivity contribution >= 4 is 5.91 Å². The fraction of sp³-hybridized carbons (Fsp3) is 0.0556. The monoisotopic (exact) mass is 302 g/mol. The molecule has 3 aromatic rings. The molecule has 0 saturated heterocycles. The van der Waals surface area contributed by atoms with E-state index in [1.165, 1.54) is 0 Å². The quantitative estimate of drug-likeness (QED) is 0.803. The molecule has 3 rings (SSSR count). The number of nitrogens with two attached hydrogens (primary N) is 1. The van der Waals surface area contributed by atoms with Gasteiger partial charge in [0.15, 0.2) is 0 Å². The van der Waals surface area contributed by atoms with Crippen molar-refractivity contribution in [1.29, 1.82) is 5.26 Å². The number of benzene rings is 2. The number of hydrogen-bond donors (Lipinski definition) is 1. The van der Waals surface area contributed by atoms with Crippen molar-refractivity contribution in [2.24, 2.45) is 5.73 Å². The lowest BCUT2D eigenvalue weighted by atomic mass is 10.1. The average Bonchev–Trinajstić information content (AvgIpc) is 3.04. The fourth-order valence-electron chi connectivity index (χ4n) is 2.39. The van der Waals surface area contributed by atoms with Crippen LogP contribution in [0.4, 0.5) is 0 Å². The number of rotatable bonds is 4. The third-order valence-electron chi connectivity index (χ3n) is 3.46. The lowest BCUT2D eigenvalue weighted by Gasteiger charge is -2.04. The van der Waals surface area contributed by atoms with Crippen LogP contribution in [-0.2, 0) is 11.2 Å². The summed E-state index contributed by atoms with van der Waals surface area (Å²) in [6, 6.07) is 17.0. The minimum Gasteiger partial charge on any atom is -0.369 e. The predicted octanol–water partition coefficient (Wildman–Crippen LogP) is 2.44. The molecule has 1 heterocycles. The first-order valence-electron chi connectivity index (χ1n) is 7.08. The molecule has 0 radical (unpaired) electrons. The Morgan fingerprint density at radius 3 is 2.83 bits per heavy atom. The second kappa shape index (κ2) is 6.16. The molecule has 112 valence electrons. The summed E-state index contributed by atoms with van der Waals surface area (Å²) in [6.45, 7) is 0. The Labute approximate surface area is 133 Å². The van der Waals surface area contributed by atoms with Gasteiger partial charge >= 0.3 is 0 Å². The Bertz CT molecular complexity index is 905. The molecular weight excluding hydrogens is 288 g/mol. The molecule has 23 heavy (non-hydrogen) atoms. The number of carbonyl (C=O) groups excluding carboxylic acids is 1. The summed E-state index contributed by atoms with van der Waals surface area (Å²) < 4.78 is 1.87. The predicted molar refractivity (Wildman–Crippen MR) is 86.6 cm³/mol. The second-order valence-corrected chi connectivity index (χ2v) is 5.17. The number of carbonyl (C=O) groups is 1. The summed E-state index contributed by atoms with van der Waals surface area (Å²) in [6.07, 6.45) is 3.80. The van der Waals surface area contributed by atoms with Crippen molar-refractivity contribution < 1.29 is 4.79 Å². The number of nitrogens with zero attached hydrogens (tertiary/aromatic N) is 3. The molecule has 0 aliphatic rings. The number of amides is 1. The van der Waals surface area contributed by atoms with Crippen LogP contribution in [-0.4, -0.2) is 15.5 Å². The van der Waals surface area contributed by atoms with Crippen LogP contribution in [0.5, 0.6) is 0 Å². The summed E-state index contributed by atoms with van der Waals surface area (Å²) in [4.78, 5) is 15.4. The first kappa shape index (κ1) is 14.5. The number of nitriles is 1. The van der Waals surface area contributed by atoms with Crippen LogP contribution in [0.25, 0.3) is 16.9 Å². The van der Waals surface area contributed by atoms with Crippen molar-refractivity contribution in [3.8, 4) is 23.0 Å². The summed E-state index contributed by atoms with van der Waals surface area (Å²) >= 11 is 0. The van der Waals surface area contributed by atoms with Crippen molar-refractivity contribution in [3.05, 3.63) is 72.2 Å². The van der Waals surface area contributed by atoms with Crippen molar-refractivity contribution in [3.63, 3.8) is 0 Å². The topological polar surface area (TPSA) is 84.7 Å². The molecule has 0 atom stereocenters. The van der Waals surface area contributed by atoms with Crippen LogP contribution in [0.2, 0.25) is 0 Å². The molecule has 0 unspecified atom stereocenters. The van der Waals surface area contributed by atoms with Crippen molar-refractivity contribution in [2.75, 3.05) is 0 Å². The zero-order chi connectivity index (χ0) is 16.2. The Morgan fingerprint density at radius 1 is 1.22 bits per heavy atom. The van der Waals surface area contributed by atoms with Gasteiger partial charge in [-0.15, -0.1) is 0 Å². The van der Waals surface area contributed by atoms with E-state index in [0.29, 0.717) is 5.56 Å². The summed E-state index contributed by atoms with van der Waals surface area (Å²) in [7, 11) is 0. The van der Waals surface area contributed by atoms with E-state index in [2.05, 4.69) is 11.1 Å². The zero-order valence-corrected chi connectivity index (χ0v) is 12.3. The molecule has 0 aliphatic heterocycles. The molecule has 2 N–H and O–H groups in total. The van der Waals surface area contributed by atoms with E-state index in [9.17, 15) is 4.79 Å². The average molecular weight is 302 g/mol. The molecule has 0 fully saturated rings. The lowest BCUT2D eigenvalue weighted by Crippen LogP contribution is -2.13. The lowest BCUT2D eigenvalue weighted by molar-refractivity contribution is -0.117. The molecule has 0 spiro atoms. The number of aromatic nitrogens is 2. The van der Waals surface area contributed by atoms with Gasteiger partial charge in [0.05, 0.1) is 30.1 Å². The first-order chi connectivity index (χ1) is 11.2. The van der Waals surface area contributed by atoms with E-state index in [-0.39, 0.29) is 12.3 Å². The maximum atomic E-state index is 11.0. The van der Waals surface area contributed by atoms with E-state index < -0.39 is 0 Å². The van der Waals surface area contributed by atoms with E-state index in [1.807, 2.05) is 47.2 Å². The molecule has 5 nitrogen and oxygen atoms in total. The van der Waals surface area contributed by atoms with Gasteiger partial charge in [-0.3, -0.25) is 4.79 Å². The van der Waals surface area contributed by atoms with Gasteiger partial charge in [0.2, 0.25) is 5.91 Å². The maximum absolute atomic E-state index is 11.0. The molecule has 5 heteroatoms. The SMILES string of the molecule is N#Cc1cccc(-c2cn(-c3cccc(CC(N)=O)c3)cn2)c1. The van der Waals surface area contributed by atoms with Crippen LogP contribution in [0.1, 0.15) is 11.1 Å². The normalized spacial score (nSPS) is 10.2. The Balaban J connectivity index is 1.93. The highest BCUT2D eigenvalue weighted by Crippen LogP contribution is 2.20. The van der Waals surface area contributed by atoms with Crippen molar-refractivity contribution in [2.45, 2.75) is 6.42 Å². The maximum Gasteiger partial charge on any atom is 0.221 e. The number of hydrogen-bond acceptors (Lipinski definition) is 3. The highest BCUT2D eigenvalue weighted by molar-refractivity contribution is 5.76. The molecule has 0 saturated carbocycles. The van der Waals surface area contributed by atoms with Gasteiger partial charge < -0.3 is 10.3 Å². The smallest absolute Gasteiger partial charge is 0.221 e. The summed E-state index contributed by atoms with van der Waals surface area (Å²) in [5, 5.41) is 8.98. The highest BCUT2D eigenvalue weighted by Gasteiger charge is 2.06. The molecule has 1 aromatic heterocycles. The number of primary amides is 1. The van der Waals surface area contributed by atoms with Gasteiger partial charge in [-0.2, -0.15) is 5.26 Å². The van der Waals surface area contributed by atoms with Gasteiger partial charge in [-0.05, 0) is 29.8 Å². The van der Waals surface area contributed by atoms with Crippen LogP contribution >= 0.6 is 0 Å². The van der Waals surface area contributed by atoms with Crippen LogP contribution < -0.4 is 5.73 Å². The van der Waals surface area contributed by atoms with Gasteiger partial charge in [-0.25, -0.2) is 4.98 Å². The molecular formula is C18H14N4O. The Morgan fingerprint density at radius 2 is 2.04 bits per heavy atom. The van der Waals surface area contributed by atoms with E-state index in [1.54, 1.807) is 18.5 Å². The standard InChI is InChI=1S/C18H14N4O/c19-10-14-4-1-5-15(7-14)17-11-22(12-21-17)16-6-2-3-13(8-16)9-18(20)23/h1-8,11-12H,9H2,(H2,20,23). The van der Waals surface area contributed by atoms with Crippen LogP contribution in [0.15, 0.2) is 61.1 Å². The summed E-state index contributed by atoms with van der Waals surface area (Å²) in [5.74, 6) is -0.359.